The van der Waals surface area contributed by atoms with Crippen LogP contribution in [-0.2, 0) is 0 Å². The van der Waals surface area contributed by atoms with Crippen molar-refractivity contribution in [2.24, 2.45) is 0 Å². The number of rotatable bonds is 3. The van der Waals surface area contributed by atoms with Gasteiger partial charge < -0.3 is 4.74 Å². The smallest absolute Gasteiger partial charge is 0.155 e. The number of benzene rings is 2. The van der Waals surface area contributed by atoms with Crippen LogP contribution in [0.15, 0.2) is 36.4 Å². The number of carbonyl (C=O) groups excluding carboxylic acids is 1. The zero-order chi connectivity index (χ0) is 13.1. The lowest BCUT2D eigenvalue weighted by atomic mass is 10.2. The lowest BCUT2D eigenvalue weighted by Crippen LogP contribution is -1.92. The van der Waals surface area contributed by atoms with E-state index in [1.54, 1.807) is 31.2 Å². The zero-order valence-electron chi connectivity index (χ0n) is 9.61. The van der Waals surface area contributed by atoms with Gasteiger partial charge in [0, 0.05) is 0 Å². The van der Waals surface area contributed by atoms with Crippen LogP contribution in [-0.4, -0.2) is 6.29 Å². The summed E-state index contributed by atoms with van der Waals surface area (Å²) < 4.78 is 18.6. The predicted octanol–water partition coefficient (Wildman–Crippen LogP) is 4.39. The third-order valence-corrected chi connectivity index (χ3v) is 2.82. The van der Waals surface area contributed by atoms with Crippen LogP contribution >= 0.6 is 11.6 Å². The molecule has 0 spiro atoms. The van der Waals surface area contributed by atoms with E-state index >= 15 is 0 Å². The van der Waals surface area contributed by atoms with Gasteiger partial charge in [-0.1, -0.05) is 17.7 Å². The molecule has 0 fully saturated rings. The fourth-order valence-corrected chi connectivity index (χ4v) is 1.74. The number of aldehydes is 1. The average Bonchev–Trinajstić information content (AvgIpc) is 2.34. The second-order valence-electron chi connectivity index (χ2n) is 3.78. The van der Waals surface area contributed by atoms with Gasteiger partial charge in [0.15, 0.2) is 6.29 Å². The SMILES string of the molecule is Cc1cc(Oc2cccc(Cl)c2C=O)ccc1F. The number of halogens is 2. The van der Waals surface area contributed by atoms with Gasteiger partial charge in [0.25, 0.3) is 0 Å². The van der Waals surface area contributed by atoms with Crippen molar-refractivity contribution < 1.29 is 13.9 Å². The first-order valence-corrected chi connectivity index (χ1v) is 5.67. The standard InChI is InChI=1S/C14H10ClFO2/c1-9-7-10(5-6-13(9)16)18-14-4-2-3-12(15)11(14)8-17/h2-8H,1H3. The molecule has 0 saturated heterocycles. The Kier molecular flexibility index (Phi) is 3.63. The Hall–Kier alpha value is -1.87. The fourth-order valence-electron chi connectivity index (χ4n) is 1.53. The Labute approximate surface area is 109 Å². The third-order valence-electron chi connectivity index (χ3n) is 2.49. The summed E-state index contributed by atoms with van der Waals surface area (Å²) in [6.45, 7) is 1.64. The summed E-state index contributed by atoms with van der Waals surface area (Å²) in [5.74, 6) is 0.506. The molecular weight excluding hydrogens is 255 g/mol. The van der Waals surface area contributed by atoms with Crippen LogP contribution in [0.3, 0.4) is 0 Å². The van der Waals surface area contributed by atoms with Crippen LogP contribution in [0.1, 0.15) is 15.9 Å². The molecule has 0 amide bonds. The van der Waals surface area contributed by atoms with Crippen LogP contribution in [0.2, 0.25) is 5.02 Å². The molecule has 0 bridgehead atoms. The molecule has 0 N–H and O–H groups in total. The van der Waals surface area contributed by atoms with Gasteiger partial charge >= 0.3 is 0 Å². The van der Waals surface area contributed by atoms with Crippen molar-refractivity contribution in [1.29, 1.82) is 0 Å². The van der Waals surface area contributed by atoms with Crippen LogP contribution in [0.4, 0.5) is 4.39 Å². The first kappa shape index (κ1) is 12.6. The normalized spacial score (nSPS) is 10.2. The molecule has 92 valence electrons. The van der Waals surface area contributed by atoms with E-state index in [2.05, 4.69) is 0 Å². The molecule has 18 heavy (non-hydrogen) atoms. The number of hydrogen-bond donors (Lipinski definition) is 0. The van der Waals surface area contributed by atoms with E-state index in [0.717, 1.165) is 0 Å². The maximum Gasteiger partial charge on any atom is 0.155 e. The fraction of sp³-hybridized carbons (Fsp3) is 0.0714. The van der Waals surface area contributed by atoms with E-state index in [-0.39, 0.29) is 11.4 Å². The molecule has 2 rings (SSSR count). The van der Waals surface area contributed by atoms with Crippen molar-refractivity contribution in [3.05, 3.63) is 58.4 Å². The molecule has 0 saturated carbocycles. The molecule has 0 heterocycles. The van der Waals surface area contributed by atoms with Gasteiger partial charge in [-0.05, 0) is 42.8 Å². The number of ether oxygens (including phenoxy) is 1. The van der Waals surface area contributed by atoms with Gasteiger partial charge in [-0.2, -0.15) is 0 Å². The maximum atomic E-state index is 13.1. The number of aryl methyl sites for hydroxylation is 1. The second-order valence-corrected chi connectivity index (χ2v) is 4.19. The number of hydrogen-bond acceptors (Lipinski definition) is 2. The molecule has 2 aromatic rings. The van der Waals surface area contributed by atoms with E-state index < -0.39 is 0 Å². The Bertz CT molecular complexity index is 596. The summed E-state index contributed by atoms with van der Waals surface area (Å²) in [6, 6.07) is 9.29. The Morgan fingerprint density at radius 1 is 1.28 bits per heavy atom. The van der Waals surface area contributed by atoms with Gasteiger partial charge in [-0.15, -0.1) is 0 Å². The first-order chi connectivity index (χ1) is 8.61. The molecule has 0 atom stereocenters. The van der Waals surface area contributed by atoms with Crippen molar-refractivity contribution in [2.75, 3.05) is 0 Å². The molecule has 2 aromatic carbocycles. The quantitative estimate of drug-likeness (QED) is 0.769. The third kappa shape index (κ3) is 2.51. The maximum absolute atomic E-state index is 13.1. The van der Waals surface area contributed by atoms with Crippen molar-refractivity contribution in [3.8, 4) is 11.5 Å². The van der Waals surface area contributed by atoms with Crippen molar-refractivity contribution in [2.45, 2.75) is 6.92 Å². The van der Waals surface area contributed by atoms with E-state index in [1.165, 1.54) is 12.1 Å². The summed E-state index contributed by atoms with van der Waals surface area (Å²) in [7, 11) is 0. The molecule has 0 aliphatic carbocycles. The van der Waals surface area contributed by atoms with E-state index in [9.17, 15) is 9.18 Å². The summed E-state index contributed by atoms with van der Waals surface area (Å²) in [5, 5.41) is 0.321. The van der Waals surface area contributed by atoms with E-state index in [0.29, 0.717) is 28.4 Å². The van der Waals surface area contributed by atoms with Gasteiger partial charge in [0.2, 0.25) is 0 Å². The lowest BCUT2D eigenvalue weighted by Gasteiger charge is -2.09. The van der Waals surface area contributed by atoms with Crippen LogP contribution in [0.25, 0.3) is 0 Å². The summed E-state index contributed by atoms with van der Waals surface area (Å²) in [5.41, 5.74) is 0.753. The highest BCUT2D eigenvalue weighted by atomic mass is 35.5. The Morgan fingerprint density at radius 3 is 2.72 bits per heavy atom. The average molecular weight is 265 g/mol. The minimum Gasteiger partial charge on any atom is -0.457 e. The highest BCUT2D eigenvalue weighted by molar-refractivity contribution is 6.33. The van der Waals surface area contributed by atoms with Gasteiger partial charge in [-0.3, -0.25) is 4.79 Å². The highest BCUT2D eigenvalue weighted by Crippen LogP contribution is 2.29. The second kappa shape index (κ2) is 5.19. The molecule has 0 aromatic heterocycles. The summed E-state index contributed by atoms with van der Waals surface area (Å²) >= 11 is 5.88. The highest BCUT2D eigenvalue weighted by Gasteiger charge is 2.09. The number of carbonyl (C=O) groups is 1. The predicted molar refractivity (Wildman–Crippen MR) is 68.1 cm³/mol. The zero-order valence-corrected chi connectivity index (χ0v) is 10.4. The van der Waals surface area contributed by atoms with Gasteiger partial charge in [-0.25, -0.2) is 4.39 Å². The van der Waals surface area contributed by atoms with Crippen LogP contribution in [0.5, 0.6) is 11.5 Å². The lowest BCUT2D eigenvalue weighted by molar-refractivity contribution is 0.112. The van der Waals surface area contributed by atoms with E-state index in [1.807, 2.05) is 0 Å². The Balaban J connectivity index is 2.36. The van der Waals surface area contributed by atoms with Crippen LogP contribution in [0, 0.1) is 12.7 Å². The molecule has 0 radical (unpaired) electrons. The topological polar surface area (TPSA) is 26.3 Å². The first-order valence-electron chi connectivity index (χ1n) is 5.29. The van der Waals surface area contributed by atoms with Crippen molar-refractivity contribution in [1.82, 2.24) is 0 Å². The minimum atomic E-state index is -0.302. The van der Waals surface area contributed by atoms with E-state index in [4.69, 9.17) is 16.3 Å². The largest absolute Gasteiger partial charge is 0.457 e. The molecule has 4 heteroatoms. The summed E-state index contributed by atoms with van der Waals surface area (Å²) in [4.78, 5) is 10.9. The van der Waals surface area contributed by atoms with Crippen LogP contribution < -0.4 is 4.74 Å². The summed E-state index contributed by atoms with van der Waals surface area (Å²) in [6.07, 6.45) is 0.633. The molecule has 2 nitrogen and oxygen atoms in total. The van der Waals surface area contributed by atoms with Gasteiger partial charge in [0.1, 0.15) is 17.3 Å². The van der Waals surface area contributed by atoms with Crippen molar-refractivity contribution >= 4 is 17.9 Å². The van der Waals surface area contributed by atoms with Gasteiger partial charge in [0.05, 0.1) is 10.6 Å². The molecule has 0 unspecified atom stereocenters. The molecule has 0 aliphatic heterocycles. The minimum absolute atomic E-state index is 0.279. The van der Waals surface area contributed by atoms with Crippen molar-refractivity contribution in [3.63, 3.8) is 0 Å². The monoisotopic (exact) mass is 264 g/mol. The molecule has 0 aliphatic rings. The Morgan fingerprint density at radius 2 is 2.06 bits per heavy atom. The molecular formula is C14H10ClFO2.